The van der Waals surface area contributed by atoms with Crippen molar-refractivity contribution in [1.82, 2.24) is 9.88 Å². The van der Waals surface area contributed by atoms with Crippen molar-refractivity contribution in [1.29, 1.82) is 0 Å². The number of ether oxygens (including phenoxy) is 1. The van der Waals surface area contributed by atoms with Crippen LogP contribution in [0.25, 0.3) is 0 Å². The van der Waals surface area contributed by atoms with Crippen LogP contribution in [-0.4, -0.2) is 46.6 Å². The van der Waals surface area contributed by atoms with Crippen LogP contribution < -0.4 is 10.1 Å². The minimum Gasteiger partial charge on any atom is -0.484 e. The van der Waals surface area contributed by atoms with Crippen molar-refractivity contribution in [3.63, 3.8) is 0 Å². The first-order chi connectivity index (χ1) is 14.8. The van der Waals surface area contributed by atoms with Crippen LogP contribution in [0.3, 0.4) is 0 Å². The Bertz CT molecular complexity index is 829. The molecule has 2 aromatic rings. The molecule has 1 unspecified atom stereocenters. The first kappa shape index (κ1) is 24.5. The highest BCUT2D eigenvalue weighted by Gasteiger charge is 2.35. The first-order valence-electron chi connectivity index (χ1n) is 10.2. The molecule has 0 saturated carbocycles. The summed E-state index contributed by atoms with van der Waals surface area (Å²) >= 11 is 0. The zero-order chi connectivity index (χ0) is 22.9. The van der Waals surface area contributed by atoms with Gasteiger partial charge in [-0.05, 0) is 30.2 Å². The zero-order valence-corrected chi connectivity index (χ0v) is 17.7. The van der Waals surface area contributed by atoms with Crippen LogP contribution in [0.5, 0.6) is 5.75 Å². The molecule has 1 saturated heterocycles. The van der Waals surface area contributed by atoms with Crippen LogP contribution in [0.1, 0.15) is 37.8 Å². The number of carbonyl (C=O) groups excluding carboxylic acids is 1. The number of aromatic nitrogens is 1. The number of amides is 1. The second kappa shape index (κ2) is 11.5. The molecule has 9 heteroatoms. The summed E-state index contributed by atoms with van der Waals surface area (Å²) in [7, 11) is 0. The minimum absolute atomic E-state index is 0.0750. The summed E-state index contributed by atoms with van der Waals surface area (Å²) < 4.78 is 44.7. The van der Waals surface area contributed by atoms with Gasteiger partial charge in [-0.15, -0.1) is 0 Å². The van der Waals surface area contributed by atoms with Gasteiger partial charge in [0.1, 0.15) is 5.75 Å². The van der Waals surface area contributed by atoms with E-state index in [1.807, 2.05) is 0 Å². The molecule has 0 spiro atoms. The predicted octanol–water partition coefficient (Wildman–Crippen LogP) is 4.10. The molecule has 1 amide bonds. The lowest BCUT2D eigenvalue weighted by molar-refractivity contribution is -0.137. The molecule has 1 fully saturated rings. The van der Waals surface area contributed by atoms with Crippen LogP contribution in [0.15, 0.2) is 42.7 Å². The van der Waals surface area contributed by atoms with E-state index in [0.29, 0.717) is 18.7 Å². The Labute approximate surface area is 180 Å². The van der Waals surface area contributed by atoms with Crippen molar-refractivity contribution < 1.29 is 27.8 Å². The fraction of sp³-hybridized carbons (Fsp3) is 0.455. The van der Waals surface area contributed by atoms with E-state index < -0.39 is 11.7 Å². The van der Waals surface area contributed by atoms with E-state index in [2.05, 4.69) is 24.1 Å². The molecule has 6 nitrogen and oxygen atoms in total. The van der Waals surface area contributed by atoms with Gasteiger partial charge in [-0.1, -0.05) is 32.4 Å². The van der Waals surface area contributed by atoms with Crippen molar-refractivity contribution >= 4 is 11.6 Å². The predicted molar refractivity (Wildman–Crippen MR) is 112 cm³/mol. The summed E-state index contributed by atoms with van der Waals surface area (Å²) in [5, 5.41) is 11.9. The molecule has 1 aromatic heterocycles. The molecule has 2 N–H and O–H groups in total. The van der Waals surface area contributed by atoms with Gasteiger partial charge in [0.15, 0.2) is 6.61 Å². The number of aliphatic hydroxyl groups excluding tert-OH is 1. The largest absolute Gasteiger partial charge is 0.484 e. The number of likely N-dealkylation sites (tertiary alicyclic amines) is 1. The lowest BCUT2D eigenvalue weighted by atomic mass is 10.2. The van der Waals surface area contributed by atoms with Crippen molar-refractivity contribution in [3.8, 4) is 5.75 Å². The monoisotopic (exact) mass is 439 g/mol. The smallest absolute Gasteiger partial charge is 0.418 e. The number of anilines is 1. The van der Waals surface area contributed by atoms with Gasteiger partial charge in [-0.25, -0.2) is 0 Å². The molecule has 1 aliphatic heterocycles. The maximum absolute atomic E-state index is 13.1. The van der Waals surface area contributed by atoms with Crippen LogP contribution in [0.2, 0.25) is 0 Å². The van der Waals surface area contributed by atoms with Gasteiger partial charge in [0.25, 0.3) is 5.91 Å². The van der Waals surface area contributed by atoms with Crippen LogP contribution >= 0.6 is 0 Å². The Kier molecular flexibility index (Phi) is 9.11. The fourth-order valence-corrected chi connectivity index (χ4v) is 3.01. The second-order valence-electron chi connectivity index (χ2n) is 7.19. The molecular formula is C22H28F3N3O3. The standard InChI is InChI=1S/C19H20F3N3O3.C3H8/c20-19(21,22)16-5-7-23-9-17(16)24-14-6-8-25(10-14)18(27)12-28-15-3-1-13(11-26)2-4-15;1-3-2/h1-5,7,9,14,24,26H,6,8,10-12H2;3H2,1-2H3. The third-order valence-electron chi connectivity index (χ3n) is 4.50. The number of alkyl halides is 3. The zero-order valence-electron chi connectivity index (χ0n) is 17.7. The van der Waals surface area contributed by atoms with Gasteiger partial charge in [0.05, 0.1) is 24.1 Å². The van der Waals surface area contributed by atoms with E-state index in [1.165, 1.54) is 6.42 Å². The lowest BCUT2D eigenvalue weighted by Crippen LogP contribution is -2.35. The second-order valence-corrected chi connectivity index (χ2v) is 7.19. The van der Waals surface area contributed by atoms with Gasteiger partial charge >= 0.3 is 6.18 Å². The van der Waals surface area contributed by atoms with Gasteiger partial charge in [-0.3, -0.25) is 9.78 Å². The summed E-state index contributed by atoms with van der Waals surface area (Å²) in [4.78, 5) is 17.6. The third kappa shape index (κ3) is 7.43. The summed E-state index contributed by atoms with van der Waals surface area (Å²) in [6, 6.07) is 7.35. The van der Waals surface area contributed by atoms with Crippen LogP contribution in [-0.2, 0) is 17.6 Å². The molecule has 0 bridgehead atoms. The molecule has 170 valence electrons. The topological polar surface area (TPSA) is 74.7 Å². The Hall–Kier alpha value is -2.81. The van der Waals surface area contributed by atoms with Crippen molar-refractivity contribution in [2.45, 2.75) is 45.5 Å². The highest BCUT2D eigenvalue weighted by Crippen LogP contribution is 2.34. The molecule has 0 radical (unpaired) electrons. The van der Waals surface area contributed by atoms with E-state index in [4.69, 9.17) is 9.84 Å². The van der Waals surface area contributed by atoms with Gasteiger partial charge < -0.3 is 20.1 Å². The number of carbonyl (C=O) groups is 1. The summed E-state index contributed by atoms with van der Waals surface area (Å²) in [6.45, 7) is 4.74. The number of halogens is 3. The molecule has 1 aliphatic rings. The molecule has 2 heterocycles. The molecule has 1 atom stereocenters. The third-order valence-corrected chi connectivity index (χ3v) is 4.50. The quantitative estimate of drug-likeness (QED) is 0.709. The number of hydrogen-bond donors (Lipinski definition) is 2. The normalized spacial score (nSPS) is 15.8. The number of rotatable bonds is 6. The summed E-state index contributed by atoms with van der Waals surface area (Å²) in [5.41, 5.74) is -0.128. The highest BCUT2D eigenvalue weighted by molar-refractivity contribution is 5.78. The number of nitrogens with one attached hydrogen (secondary N) is 1. The lowest BCUT2D eigenvalue weighted by Gasteiger charge is -2.20. The Morgan fingerprint density at radius 1 is 1.26 bits per heavy atom. The number of nitrogens with zero attached hydrogens (tertiary/aromatic N) is 2. The molecular weight excluding hydrogens is 411 g/mol. The Morgan fingerprint density at radius 3 is 2.55 bits per heavy atom. The van der Waals surface area contributed by atoms with Gasteiger partial charge in [-0.2, -0.15) is 13.2 Å². The van der Waals surface area contributed by atoms with Crippen LogP contribution in [0.4, 0.5) is 18.9 Å². The Morgan fingerprint density at radius 2 is 1.94 bits per heavy atom. The van der Waals surface area contributed by atoms with E-state index in [0.717, 1.165) is 24.0 Å². The SMILES string of the molecule is CCC.O=C(COc1ccc(CO)cc1)N1CCC(Nc2cnccc2C(F)(F)F)C1. The molecule has 31 heavy (non-hydrogen) atoms. The molecule has 0 aliphatic carbocycles. The summed E-state index contributed by atoms with van der Waals surface area (Å²) in [5.74, 6) is 0.266. The number of hydrogen-bond acceptors (Lipinski definition) is 5. The van der Waals surface area contributed by atoms with Crippen molar-refractivity contribution in [3.05, 3.63) is 53.9 Å². The van der Waals surface area contributed by atoms with Crippen molar-refractivity contribution in [2.75, 3.05) is 25.0 Å². The molecule has 1 aromatic carbocycles. The highest BCUT2D eigenvalue weighted by atomic mass is 19.4. The average Bonchev–Trinajstić information content (AvgIpc) is 3.21. The van der Waals surface area contributed by atoms with E-state index in [1.54, 1.807) is 29.2 Å². The average molecular weight is 439 g/mol. The number of pyridine rings is 1. The maximum atomic E-state index is 13.1. The van der Waals surface area contributed by atoms with E-state index in [9.17, 15) is 18.0 Å². The molecule has 3 rings (SSSR count). The van der Waals surface area contributed by atoms with Gasteiger partial charge in [0.2, 0.25) is 0 Å². The number of benzene rings is 1. The van der Waals surface area contributed by atoms with E-state index in [-0.39, 0.29) is 37.4 Å². The number of aliphatic hydroxyl groups is 1. The maximum Gasteiger partial charge on any atom is 0.418 e. The van der Waals surface area contributed by atoms with Crippen molar-refractivity contribution in [2.24, 2.45) is 0 Å². The van der Waals surface area contributed by atoms with Gasteiger partial charge in [0, 0.05) is 25.3 Å². The van der Waals surface area contributed by atoms with Crippen LogP contribution in [0, 0.1) is 0 Å². The Balaban J connectivity index is 0.00000107. The van der Waals surface area contributed by atoms with E-state index >= 15 is 0 Å². The fourth-order valence-electron chi connectivity index (χ4n) is 3.01. The first-order valence-corrected chi connectivity index (χ1v) is 10.2. The summed E-state index contributed by atoms with van der Waals surface area (Å²) in [6.07, 6.45) is -0.447. The minimum atomic E-state index is -4.47.